The zero-order chi connectivity index (χ0) is 9.80. The minimum absolute atomic E-state index is 0.713. The molecule has 0 aliphatic heterocycles. The molecule has 2 nitrogen and oxygen atoms in total. The van der Waals surface area contributed by atoms with E-state index in [-0.39, 0.29) is 0 Å². The van der Waals surface area contributed by atoms with Crippen LogP contribution >= 0.6 is 0 Å². The fourth-order valence-electron chi connectivity index (χ4n) is 2.44. The number of nitrogens with one attached hydrogen (secondary N) is 1. The molecule has 1 fully saturated rings. The molecule has 0 amide bonds. The summed E-state index contributed by atoms with van der Waals surface area (Å²) in [5.41, 5.74) is 0. The van der Waals surface area contributed by atoms with E-state index >= 15 is 0 Å². The van der Waals surface area contributed by atoms with Crippen molar-refractivity contribution in [3.8, 4) is 0 Å². The van der Waals surface area contributed by atoms with Crippen LogP contribution in [0.2, 0.25) is 0 Å². The summed E-state index contributed by atoms with van der Waals surface area (Å²) in [6.07, 6.45) is 7.15. The van der Waals surface area contributed by atoms with E-state index in [9.17, 15) is 0 Å². The maximum Gasteiger partial charge on any atom is 0.117 e. The molecule has 0 aromatic carbocycles. The second-order valence-electron chi connectivity index (χ2n) is 4.17. The van der Waals surface area contributed by atoms with Crippen molar-refractivity contribution < 1.29 is 4.42 Å². The molecule has 2 rings (SSSR count). The predicted octanol–water partition coefficient (Wildman–Crippen LogP) is 2.95. The first-order chi connectivity index (χ1) is 6.90. The van der Waals surface area contributed by atoms with Crippen LogP contribution < -0.4 is 5.32 Å². The Bertz CT molecular complexity index is 255. The van der Waals surface area contributed by atoms with Gasteiger partial charge in [-0.15, -0.1) is 0 Å². The number of hydrogen-bond donors (Lipinski definition) is 1. The van der Waals surface area contributed by atoms with Crippen molar-refractivity contribution >= 4 is 0 Å². The van der Waals surface area contributed by atoms with E-state index in [1.807, 2.05) is 12.1 Å². The fourth-order valence-corrected chi connectivity index (χ4v) is 2.44. The molecule has 1 aliphatic carbocycles. The summed E-state index contributed by atoms with van der Waals surface area (Å²) in [7, 11) is 0. The Morgan fingerprint density at radius 3 is 3.14 bits per heavy atom. The Labute approximate surface area is 85.7 Å². The van der Waals surface area contributed by atoms with Crippen LogP contribution in [-0.2, 0) is 6.54 Å². The highest BCUT2D eigenvalue weighted by atomic mass is 16.3. The third-order valence-electron chi connectivity index (χ3n) is 3.30. The number of hydrogen-bond acceptors (Lipinski definition) is 2. The van der Waals surface area contributed by atoms with Gasteiger partial charge in [0.1, 0.15) is 5.76 Å². The lowest BCUT2D eigenvalue weighted by Gasteiger charge is -2.18. The summed E-state index contributed by atoms with van der Waals surface area (Å²) < 4.78 is 5.30. The molecule has 0 spiro atoms. The SMILES string of the molecule is CCC1CCCC1NCc1ccco1. The Kier molecular flexibility index (Phi) is 3.25. The lowest BCUT2D eigenvalue weighted by molar-refractivity contribution is 0.370. The number of furan rings is 1. The van der Waals surface area contributed by atoms with E-state index in [1.165, 1.54) is 25.7 Å². The average molecular weight is 193 g/mol. The molecular weight excluding hydrogens is 174 g/mol. The zero-order valence-electron chi connectivity index (χ0n) is 8.83. The minimum Gasteiger partial charge on any atom is -0.468 e. The van der Waals surface area contributed by atoms with Gasteiger partial charge in [0, 0.05) is 6.04 Å². The third-order valence-corrected chi connectivity index (χ3v) is 3.30. The van der Waals surface area contributed by atoms with Gasteiger partial charge in [0.05, 0.1) is 12.8 Å². The quantitative estimate of drug-likeness (QED) is 0.795. The van der Waals surface area contributed by atoms with Crippen LogP contribution in [0.25, 0.3) is 0 Å². The van der Waals surface area contributed by atoms with E-state index < -0.39 is 0 Å². The summed E-state index contributed by atoms with van der Waals surface area (Å²) >= 11 is 0. The second-order valence-corrected chi connectivity index (χ2v) is 4.17. The Balaban J connectivity index is 1.80. The molecule has 1 heterocycles. The van der Waals surface area contributed by atoms with Crippen LogP contribution in [0.4, 0.5) is 0 Å². The molecule has 1 aromatic rings. The van der Waals surface area contributed by atoms with E-state index in [1.54, 1.807) is 6.26 Å². The normalized spacial score (nSPS) is 26.9. The standard InChI is InChI=1S/C12H19NO/c1-2-10-5-3-7-12(10)13-9-11-6-4-8-14-11/h4,6,8,10,12-13H,2-3,5,7,9H2,1H3. The van der Waals surface area contributed by atoms with Crippen LogP contribution in [0.5, 0.6) is 0 Å². The van der Waals surface area contributed by atoms with Crippen molar-refractivity contribution in [2.75, 3.05) is 0 Å². The van der Waals surface area contributed by atoms with E-state index in [0.717, 1.165) is 18.2 Å². The maximum atomic E-state index is 5.30. The zero-order valence-corrected chi connectivity index (χ0v) is 8.83. The summed E-state index contributed by atoms with van der Waals surface area (Å²) in [5, 5.41) is 3.59. The van der Waals surface area contributed by atoms with Gasteiger partial charge in [-0.1, -0.05) is 19.8 Å². The molecular formula is C12H19NO. The first-order valence-corrected chi connectivity index (χ1v) is 5.66. The first-order valence-electron chi connectivity index (χ1n) is 5.66. The molecule has 14 heavy (non-hydrogen) atoms. The molecule has 78 valence electrons. The van der Waals surface area contributed by atoms with Crippen molar-refractivity contribution in [3.05, 3.63) is 24.2 Å². The molecule has 1 N–H and O–H groups in total. The van der Waals surface area contributed by atoms with Crippen molar-refractivity contribution in [1.82, 2.24) is 5.32 Å². The lowest BCUT2D eigenvalue weighted by Crippen LogP contribution is -2.31. The van der Waals surface area contributed by atoms with Crippen molar-refractivity contribution in [2.45, 2.75) is 45.2 Å². The van der Waals surface area contributed by atoms with E-state index in [4.69, 9.17) is 4.42 Å². The molecule has 2 heteroatoms. The molecule has 0 saturated heterocycles. The van der Waals surface area contributed by atoms with Gasteiger partial charge in [0.15, 0.2) is 0 Å². The van der Waals surface area contributed by atoms with Gasteiger partial charge in [-0.2, -0.15) is 0 Å². The smallest absolute Gasteiger partial charge is 0.117 e. The van der Waals surface area contributed by atoms with Crippen molar-refractivity contribution in [2.24, 2.45) is 5.92 Å². The van der Waals surface area contributed by atoms with Gasteiger partial charge < -0.3 is 9.73 Å². The maximum absolute atomic E-state index is 5.30. The monoisotopic (exact) mass is 193 g/mol. The molecule has 2 atom stereocenters. The van der Waals surface area contributed by atoms with Crippen LogP contribution in [0, 0.1) is 5.92 Å². The average Bonchev–Trinajstić information content (AvgIpc) is 2.85. The van der Waals surface area contributed by atoms with Gasteiger partial charge in [-0.05, 0) is 30.9 Å². The molecule has 1 aromatic heterocycles. The minimum atomic E-state index is 0.713. The van der Waals surface area contributed by atoms with Gasteiger partial charge in [0.25, 0.3) is 0 Å². The van der Waals surface area contributed by atoms with Gasteiger partial charge in [-0.3, -0.25) is 0 Å². The van der Waals surface area contributed by atoms with Crippen LogP contribution in [0.3, 0.4) is 0 Å². The molecule has 1 aliphatic rings. The Morgan fingerprint density at radius 2 is 2.43 bits per heavy atom. The Morgan fingerprint density at radius 1 is 1.50 bits per heavy atom. The Hall–Kier alpha value is -0.760. The van der Waals surface area contributed by atoms with E-state index in [0.29, 0.717) is 6.04 Å². The van der Waals surface area contributed by atoms with Gasteiger partial charge in [0.2, 0.25) is 0 Å². The van der Waals surface area contributed by atoms with Crippen molar-refractivity contribution in [1.29, 1.82) is 0 Å². The molecule has 2 unspecified atom stereocenters. The van der Waals surface area contributed by atoms with Crippen LogP contribution in [0.1, 0.15) is 38.4 Å². The lowest BCUT2D eigenvalue weighted by atomic mass is 10.0. The summed E-state index contributed by atoms with van der Waals surface area (Å²) in [4.78, 5) is 0. The summed E-state index contributed by atoms with van der Waals surface area (Å²) in [6, 6.07) is 4.69. The van der Waals surface area contributed by atoms with Gasteiger partial charge in [-0.25, -0.2) is 0 Å². The van der Waals surface area contributed by atoms with E-state index in [2.05, 4.69) is 12.2 Å². The largest absolute Gasteiger partial charge is 0.468 e. The summed E-state index contributed by atoms with van der Waals surface area (Å²) in [6.45, 7) is 3.17. The molecule has 0 bridgehead atoms. The topological polar surface area (TPSA) is 25.2 Å². The summed E-state index contributed by atoms with van der Waals surface area (Å²) in [5.74, 6) is 1.93. The van der Waals surface area contributed by atoms with Crippen LogP contribution in [0.15, 0.2) is 22.8 Å². The first kappa shape index (κ1) is 9.78. The number of rotatable bonds is 4. The fraction of sp³-hybridized carbons (Fsp3) is 0.667. The van der Waals surface area contributed by atoms with Gasteiger partial charge >= 0.3 is 0 Å². The predicted molar refractivity (Wildman–Crippen MR) is 57.0 cm³/mol. The highest BCUT2D eigenvalue weighted by Crippen LogP contribution is 2.28. The second kappa shape index (κ2) is 4.65. The molecule has 0 radical (unpaired) electrons. The molecule has 1 saturated carbocycles. The third kappa shape index (κ3) is 2.18. The van der Waals surface area contributed by atoms with Crippen LogP contribution in [-0.4, -0.2) is 6.04 Å². The highest BCUT2D eigenvalue weighted by Gasteiger charge is 2.24. The van der Waals surface area contributed by atoms with Crippen molar-refractivity contribution in [3.63, 3.8) is 0 Å². The highest BCUT2D eigenvalue weighted by molar-refractivity contribution is 4.98.